The maximum Gasteiger partial charge on any atom is 0.361 e. The molecule has 0 spiro atoms. The molecular formula is C16H14N2O3S. The lowest BCUT2D eigenvalue weighted by Crippen LogP contribution is -2.06. The number of nitrogens with zero attached hydrogens (tertiary/aromatic N) is 2. The summed E-state index contributed by atoms with van der Waals surface area (Å²) in [6, 6.07) is 7.68. The fourth-order valence-electron chi connectivity index (χ4n) is 1.98. The van der Waals surface area contributed by atoms with Crippen molar-refractivity contribution in [2.75, 3.05) is 0 Å². The molecule has 0 aliphatic rings. The number of ether oxygens (including phenoxy) is 1. The van der Waals surface area contributed by atoms with Crippen LogP contribution < -0.4 is 0 Å². The van der Waals surface area contributed by atoms with Crippen molar-refractivity contribution in [3.8, 4) is 11.3 Å². The van der Waals surface area contributed by atoms with Crippen LogP contribution in [0.25, 0.3) is 11.3 Å². The van der Waals surface area contributed by atoms with E-state index in [9.17, 15) is 4.79 Å². The van der Waals surface area contributed by atoms with E-state index in [4.69, 9.17) is 9.15 Å². The molecule has 3 rings (SSSR count). The van der Waals surface area contributed by atoms with Gasteiger partial charge in [-0.25, -0.2) is 14.8 Å². The summed E-state index contributed by atoms with van der Waals surface area (Å²) in [4.78, 5) is 21.2. The second-order valence-corrected chi connectivity index (χ2v) is 6.14. The number of aryl methyl sites for hydroxylation is 2. The molecule has 2 heterocycles. The van der Waals surface area contributed by atoms with Gasteiger partial charge in [-0.1, -0.05) is 29.8 Å². The molecule has 5 nitrogen and oxygen atoms in total. The van der Waals surface area contributed by atoms with Crippen LogP contribution in [-0.4, -0.2) is 15.9 Å². The molecule has 0 bridgehead atoms. The third kappa shape index (κ3) is 3.07. The highest BCUT2D eigenvalue weighted by Crippen LogP contribution is 2.24. The molecule has 0 saturated carbocycles. The fraction of sp³-hybridized carbons (Fsp3) is 0.188. The topological polar surface area (TPSA) is 65.2 Å². The van der Waals surface area contributed by atoms with E-state index >= 15 is 0 Å². The minimum absolute atomic E-state index is 0.185. The maximum absolute atomic E-state index is 12.2. The van der Waals surface area contributed by atoms with Gasteiger partial charge in [-0.05, 0) is 13.8 Å². The van der Waals surface area contributed by atoms with Crippen molar-refractivity contribution in [1.82, 2.24) is 9.97 Å². The molecule has 0 aliphatic carbocycles. The molecule has 0 radical (unpaired) electrons. The van der Waals surface area contributed by atoms with Gasteiger partial charge in [0.2, 0.25) is 0 Å². The van der Waals surface area contributed by atoms with E-state index < -0.39 is 5.97 Å². The SMILES string of the molecule is Cc1ccc(-c2ocnc2C(=O)OCc2cnc(C)s2)cc1. The van der Waals surface area contributed by atoms with Crippen molar-refractivity contribution in [3.63, 3.8) is 0 Å². The molecule has 0 amide bonds. The second kappa shape index (κ2) is 6.11. The number of aromatic nitrogens is 2. The van der Waals surface area contributed by atoms with Crippen molar-refractivity contribution >= 4 is 17.3 Å². The van der Waals surface area contributed by atoms with Crippen LogP contribution in [0.5, 0.6) is 0 Å². The van der Waals surface area contributed by atoms with Crippen molar-refractivity contribution in [3.05, 3.63) is 58.0 Å². The highest BCUT2D eigenvalue weighted by molar-refractivity contribution is 7.11. The second-order valence-electron chi connectivity index (χ2n) is 4.82. The van der Waals surface area contributed by atoms with Crippen molar-refractivity contribution < 1.29 is 13.9 Å². The van der Waals surface area contributed by atoms with E-state index in [1.165, 1.54) is 17.7 Å². The average Bonchev–Trinajstić information content (AvgIpc) is 3.14. The number of hydrogen-bond donors (Lipinski definition) is 0. The number of thiazole rings is 1. The summed E-state index contributed by atoms with van der Waals surface area (Å²) in [5.74, 6) is -0.0825. The first kappa shape index (κ1) is 14.5. The molecule has 0 atom stereocenters. The smallest absolute Gasteiger partial charge is 0.361 e. The van der Waals surface area contributed by atoms with Crippen LogP contribution in [0.4, 0.5) is 0 Å². The molecule has 1 aromatic carbocycles. The molecule has 3 aromatic rings. The fourth-order valence-corrected chi connectivity index (χ4v) is 2.69. The predicted octanol–water partition coefficient (Wildman–Crippen LogP) is 3.77. The zero-order valence-electron chi connectivity index (χ0n) is 12.2. The normalized spacial score (nSPS) is 10.6. The molecular weight excluding hydrogens is 300 g/mol. The number of benzene rings is 1. The Hall–Kier alpha value is -2.47. The number of carbonyl (C=O) groups excluding carboxylic acids is 1. The van der Waals surface area contributed by atoms with Crippen molar-refractivity contribution in [1.29, 1.82) is 0 Å². The van der Waals surface area contributed by atoms with Crippen LogP contribution >= 0.6 is 11.3 Å². The minimum Gasteiger partial charge on any atom is -0.455 e. The lowest BCUT2D eigenvalue weighted by Gasteiger charge is -2.03. The van der Waals surface area contributed by atoms with Gasteiger partial charge in [0, 0.05) is 11.8 Å². The third-order valence-electron chi connectivity index (χ3n) is 3.09. The van der Waals surface area contributed by atoms with E-state index in [0.29, 0.717) is 5.76 Å². The summed E-state index contributed by atoms with van der Waals surface area (Å²) >= 11 is 1.50. The Bertz CT molecular complexity index is 790. The van der Waals surface area contributed by atoms with Crippen LogP contribution in [0.1, 0.15) is 25.9 Å². The molecule has 0 N–H and O–H groups in total. The van der Waals surface area contributed by atoms with Gasteiger partial charge < -0.3 is 9.15 Å². The van der Waals surface area contributed by atoms with Gasteiger partial charge in [0.05, 0.1) is 9.88 Å². The number of carbonyl (C=O) groups is 1. The highest BCUT2D eigenvalue weighted by atomic mass is 32.1. The first-order valence-electron chi connectivity index (χ1n) is 6.72. The minimum atomic E-state index is -0.504. The molecule has 0 fully saturated rings. The van der Waals surface area contributed by atoms with Crippen molar-refractivity contribution in [2.45, 2.75) is 20.5 Å². The lowest BCUT2D eigenvalue weighted by molar-refractivity contribution is 0.0471. The summed E-state index contributed by atoms with van der Waals surface area (Å²) in [5, 5.41) is 0.938. The monoisotopic (exact) mass is 314 g/mol. The lowest BCUT2D eigenvalue weighted by atomic mass is 10.1. The van der Waals surface area contributed by atoms with E-state index in [0.717, 1.165) is 21.0 Å². The quantitative estimate of drug-likeness (QED) is 0.686. The Morgan fingerprint density at radius 3 is 2.68 bits per heavy atom. The largest absolute Gasteiger partial charge is 0.455 e. The predicted molar refractivity (Wildman–Crippen MR) is 82.6 cm³/mol. The molecule has 2 aromatic heterocycles. The summed E-state index contributed by atoms with van der Waals surface area (Å²) in [7, 11) is 0. The van der Waals surface area contributed by atoms with Gasteiger partial charge in [-0.2, -0.15) is 0 Å². The van der Waals surface area contributed by atoms with E-state index in [2.05, 4.69) is 9.97 Å². The van der Waals surface area contributed by atoms with Crippen LogP contribution in [0.15, 0.2) is 41.3 Å². The van der Waals surface area contributed by atoms with Gasteiger partial charge in [0.25, 0.3) is 0 Å². The number of hydrogen-bond acceptors (Lipinski definition) is 6. The molecule has 22 heavy (non-hydrogen) atoms. The summed E-state index contributed by atoms with van der Waals surface area (Å²) in [6.45, 7) is 4.09. The third-order valence-corrected chi connectivity index (χ3v) is 3.98. The number of rotatable bonds is 4. The van der Waals surface area contributed by atoms with Crippen LogP contribution in [-0.2, 0) is 11.3 Å². The molecule has 112 valence electrons. The van der Waals surface area contributed by atoms with Gasteiger partial charge in [-0.15, -0.1) is 11.3 Å². The van der Waals surface area contributed by atoms with Crippen molar-refractivity contribution in [2.24, 2.45) is 0 Å². The standard InChI is InChI=1S/C16H14N2O3S/c1-10-3-5-12(6-4-10)15-14(18-9-21-15)16(19)20-8-13-7-17-11(2)22-13/h3-7,9H,8H2,1-2H3. The van der Waals surface area contributed by atoms with Crippen LogP contribution in [0, 0.1) is 13.8 Å². The van der Waals surface area contributed by atoms with Gasteiger partial charge in [0.15, 0.2) is 17.8 Å². The summed E-state index contributed by atoms with van der Waals surface area (Å²) in [5.41, 5.74) is 2.11. The zero-order chi connectivity index (χ0) is 15.5. The first-order valence-corrected chi connectivity index (χ1v) is 7.54. The maximum atomic E-state index is 12.2. The number of esters is 1. The van der Waals surface area contributed by atoms with Crippen LogP contribution in [0.2, 0.25) is 0 Å². The number of oxazole rings is 1. The van der Waals surface area contributed by atoms with Gasteiger partial charge in [0.1, 0.15) is 6.61 Å². The average molecular weight is 314 g/mol. The molecule has 0 saturated heterocycles. The molecule has 0 aliphatic heterocycles. The Morgan fingerprint density at radius 2 is 2.00 bits per heavy atom. The van der Waals surface area contributed by atoms with Gasteiger partial charge in [-0.3, -0.25) is 0 Å². The Balaban J connectivity index is 1.76. The van der Waals surface area contributed by atoms with E-state index in [1.54, 1.807) is 6.20 Å². The Morgan fingerprint density at radius 1 is 1.23 bits per heavy atom. The molecule has 6 heteroatoms. The first-order chi connectivity index (χ1) is 10.6. The highest BCUT2D eigenvalue weighted by Gasteiger charge is 2.20. The van der Waals surface area contributed by atoms with E-state index in [1.807, 2.05) is 38.1 Å². The van der Waals surface area contributed by atoms with Crippen LogP contribution in [0.3, 0.4) is 0 Å². The Labute approximate surface area is 131 Å². The zero-order valence-corrected chi connectivity index (χ0v) is 13.0. The summed E-state index contributed by atoms with van der Waals surface area (Å²) in [6.07, 6.45) is 2.96. The Kier molecular flexibility index (Phi) is 4.02. The van der Waals surface area contributed by atoms with E-state index in [-0.39, 0.29) is 12.3 Å². The van der Waals surface area contributed by atoms with Gasteiger partial charge >= 0.3 is 5.97 Å². The summed E-state index contributed by atoms with van der Waals surface area (Å²) < 4.78 is 10.6. The molecule has 0 unspecified atom stereocenters.